The van der Waals surface area contributed by atoms with Gasteiger partial charge in [-0.15, -0.1) is 6.58 Å². The maximum absolute atomic E-state index is 5.89. The van der Waals surface area contributed by atoms with E-state index in [0.29, 0.717) is 17.2 Å². The van der Waals surface area contributed by atoms with Crippen LogP contribution in [0.3, 0.4) is 0 Å². The fourth-order valence-corrected chi connectivity index (χ4v) is 1.44. The number of rotatable bonds is 5. The van der Waals surface area contributed by atoms with E-state index in [0.717, 1.165) is 5.56 Å². The lowest BCUT2D eigenvalue weighted by Crippen LogP contribution is -2.09. The van der Waals surface area contributed by atoms with Crippen LogP contribution in [-0.4, -0.2) is 21.3 Å². The third-order valence-electron chi connectivity index (χ3n) is 2.35. The molecular formula is C12H17NO3. The van der Waals surface area contributed by atoms with Gasteiger partial charge in [0.1, 0.15) is 5.75 Å². The van der Waals surface area contributed by atoms with E-state index in [1.807, 2.05) is 0 Å². The van der Waals surface area contributed by atoms with Gasteiger partial charge in [0.15, 0.2) is 11.5 Å². The van der Waals surface area contributed by atoms with Gasteiger partial charge in [0, 0.05) is 11.6 Å². The second-order valence-corrected chi connectivity index (χ2v) is 3.21. The molecular weight excluding hydrogens is 206 g/mol. The maximum Gasteiger partial charge on any atom is 0.164 e. The Bertz CT molecular complexity index is 377. The van der Waals surface area contributed by atoms with Crippen LogP contribution in [0.15, 0.2) is 24.8 Å². The zero-order valence-electron chi connectivity index (χ0n) is 9.82. The van der Waals surface area contributed by atoms with Crippen molar-refractivity contribution in [2.24, 2.45) is 5.73 Å². The first-order chi connectivity index (χ1) is 7.67. The molecule has 4 heteroatoms. The van der Waals surface area contributed by atoms with Crippen molar-refractivity contribution in [3.8, 4) is 17.2 Å². The molecule has 0 aliphatic rings. The molecule has 0 bridgehead atoms. The van der Waals surface area contributed by atoms with Crippen molar-refractivity contribution >= 4 is 0 Å². The van der Waals surface area contributed by atoms with Gasteiger partial charge in [-0.2, -0.15) is 0 Å². The van der Waals surface area contributed by atoms with Crippen LogP contribution in [0, 0.1) is 0 Å². The number of hydrogen-bond acceptors (Lipinski definition) is 4. The summed E-state index contributed by atoms with van der Waals surface area (Å²) in [5, 5.41) is 0. The highest BCUT2D eigenvalue weighted by Crippen LogP contribution is 2.36. The zero-order valence-corrected chi connectivity index (χ0v) is 9.82. The van der Waals surface area contributed by atoms with E-state index in [2.05, 4.69) is 6.58 Å². The average Bonchev–Trinajstić information content (AvgIpc) is 2.35. The van der Waals surface area contributed by atoms with Gasteiger partial charge in [-0.1, -0.05) is 6.08 Å². The summed E-state index contributed by atoms with van der Waals surface area (Å²) in [5.41, 5.74) is 6.71. The molecule has 4 nitrogen and oxygen atoms in total. The predicted octanol–water partition coefficient (Wildman–Crippen LogP) is 1.90. The molecule has 0 fully saturated rings. The van der Waals surface area contributed by atoms with Crippen molar-refractivity contribution in [2.75, 3.05) is 21.3 Å². The molecule has 1 rings (SSSR count). The van der Waals surface area contributed by atoms with E-state index < -0.39 is 0 Å². The van der Waals surface area contributed by atoms with Gasteiger partial charge in [0.2, 0.25) is 0 Å². The zero-order chi connectivity index (χ0) is 12.1. The summed E-state index contributed by atoms with van der Waals surface area (Å²) >= 11 is 0. The van der Waals surface area contributed by atoms with E-state index in [-0.39, 0.29) is 6.04 Å². The highest BCUT2D eigenvalue weighted by atomic mass is 16.5. The summed E-state index contributed by atoms with van der Waals surface area (Å²) < 4.78 is 15.6. The summed E-state index contributed by atoms with van der Waals surface area (Å²) in [5.74, 6) is 1.89. The highest BCUT2D eigenvalue weighted by Gasteiger charge is 2.14. The molecule has 1 aromatic rings. The van der Waals surface area contributed by atoms with E-state index >= 15 is 0 Å². The molecule has 0 amide bonds. The SMILES string of the molecule is C=C[C@@H](N)c1cc(OC)c(OC)cc1OC. The first-order valence-corrected chi connectivity index (χ1v) is 4.86. The fraction of sp³-hybridized carbons (Fsp3) is 0.333. The van der Waals surface area contributed by atoms with Crippen molar-refractivity contribution in [1.29, 1.82) is 0 Å². The van der Waals surface area contributed by atoms with Crippen LogP contribution < -0.4 is 19.9 Å². The Morgan fingerprint density at radius 3 is 2.00 bits per heavy atom. The first kappa shape index (κ1) is 12.4. The van der Waals surface area contributed by atoms with Gasteiger partial charge in [0.05, 0.1) is 27.4 Å². The summed E-state index contributed by atoms with van der Waals surface area (Å²) in [7, 11) is 4.73. The number of hydrogen-bond donors (Lipinski definition) is 1. The smallest absolute Gasteiger partial charge is 0.164 e. The van der Waals surface area contributed by atoms with Crippen molar-refractivity contribution in [2.45, 2.75) is 6.04 Å². The average molecular weight is 223 g/mol. The Hall–Kier alpha value is -1.68. The lowest BCUT2D eigenvalue weighted by Gasteiger charge is -2.16. The molecule has 0 aliphatic carbocycles. The molecule has 88 valence electrons. The van der Waals surface area contributed by atoms with Crippen LogP contribution in [-0.2, 0) is 0 Å². The van der Waals surface area contributed by atoms with Crippen molar-refractivity contribution in [1.82, 2.24) is 0 Å². The molecule has 1 atom stereocenters. The minimum absolute atomic E-state index is 0.297. The first-order valence-electron chi connectivity index (χ1n) is 4.86. The molecule has 0 aromatic heterocycles. The molecule has 0 heterocycles. The van der Waals surface area contributed by atoms with Crippen molar-refractivity contribution in [3.05, 3.63) is 30.4 Å². The summed E-state index contributed by atoms with van der Waals surface area (Å²) in [6.45, 7) is 3.66. The summed E-state index contributed by atoms with van der Waals surface area (Å²) in [4.78, 5) is 0. The van der Waals surface area contributed by atoms with Gasteiger partial charge >= 0.3 is 0 Å². The fourth-order valence-electron chi connectivity index (χ4n) is 1.44. The van der Waals surface area contributed by atoms with Crippen LogP contribution >= 0.6 is 0 Å². The number of nitrogens with two attached hydrogens (primary N) is 1. The maximum atomic E-state index is 5.89. The number of ether oxygens (including phenoxy) is 3. The van der Waals surface area contributed by atoms with E-state index in [1.165, 1.54) is 0 Å². The van der Waals surface area contributed by atoms with Crippen LogP contribution in [0.25, 0.3) is 0 Å². The molecule has 1 aromatic carbocycles. The van der Waals surface area contributed by atoms with Crippen LogP contribution in [0.2, 0.25) is 0 Å². The monoisotopic (exact) mass is 223 g/mol. The Morgan fingerprint density at radius 1 is 1.06 bits per heavy atom. The second kappa shape index (κ2) is 5.42. The molecule has 0 spiro atoms. The summed E-state index contributed by atoms with van der Waals surface area (Å²) in [6.07, 6.45) is 1.64. The Labute approximate surface area is 95.6 Å². The minimum atomic E-state index is -0.297. The third kappa shape index (κ3) is 2.28. The van der Waals surface area contributed by atoms with Crippen LogP contribution in [0.4, 0.5) is 0 Å². The standard InChI is InChI=1S/C12H17NO3/c1-5-9(13)8-6-11(15-3)12(16-4)7-10(8)14-2/h5-7,9H,1,13H2,2-4H3/t9-/m1/s1. The van der Waals surface area contributed by atoms with Crippen LogP contribution in [0.1, 0.15) is 11.6 Å². The summed E-state index contributed by atoms with van der Waals surface area (Å²) in [6, 6.07) is 3.25. The molecule has 0 aliphatic heterocycles. The molecule has 0 saturated heterocycles. The number of benzene rings is 1. The predicted molar refractivity (Wildman–Crippen MR) is 63.2 cm³/mol. The van der Waals surface area contributed by atoms with Crippen molar-refractivity contribution < 1.29 is 14.2 Å². The molecule has 0 unspecified atom stereocenters. The second-order valence-electron chi connectivity index (χ2n) is 3.21. The molecule has 0 saturated carbocycles. The third-order valence-corrected chi connectivity index (χ3v) is 2.35. The van der Waals surface area contributed by atoms with Crippen LogP contribution in [0.5, 0.6) is 17.2 Å². The van der Waals surface area contributed by atoms with Gasteiger partial charge in [-0.05, 0) is 6.07 Å². The van der Waals surface area contributed by atoms with Gasteiger partial charge in [-0.25, -0.2) is 0 Å². The highest BCUT2D eigenvalue weighted by molar-refractivity contribution is 5.52. The lowest BCUT2D eigenvalue weighted by molar-refractivity contribution is 0.347. The van der Waals surface area contributed by atoms with E-state index in [9.17, 15) is 0 Å². The Balaban J connectivity index is 3.31. The molecule has 2 N–H and O–H groups in total. The number of methoxy groups -OCH3 is 3. The quantitative estimate of drug-likeness (QED) is 0.774. The van der Waals surface area contributed by atoms with Gasteiger partial charge in [0.25, 0.3) is 0 Å². The van der Waals surface area contributed by atoms with Gasteiger partial charge in [-0.3, -0.25) is 0 Å². The lowest BCUT2D eigenvalue weighted by atomic mass is 10.1. The topological polar surface area (TPSA) is 53.7 Å². The Kier molecular flexibility index (Phi) is 4.19. The van der Waals surface area contributed by atoms with E-state index in [4.69, 9.17) is 19.9 Å². The minimum Gasteiger partial charge on any atom is -0.496 e. The van der Waals surface area contributed by atoms with Gasteiger partial charge < -0.3 is 19.9 Å². The van der Waals surface area contributed by atoms with Crippen molar-refractivity contribution in [3.63, 3.8) is 0 Å². The molecule has 0 radical (unpaired) electrons. The normalized spacial score (nSPS) is 11.8. The van der Waals surface area contributed by atoms with E-state index in [1.54, 1.807) is 39.5 Å². The Morgan fingerprint density at radius 2 is 1.56 bits per heavy atom. The molecule has 16 heavy (non-hydrogen) atoms. The largest absolute Gasteiger partial charge is 0.496 e.